The number of esters is 2. The fourth-order valence-corrected chi connectivity index (χ4v) is 2.12. The molecule has 0 fully saturated rings. The lowest BCUT2D eigenvalue weighted by molar-refractivity contribution is -0.148. The van der Waals surface area contributed by atoms with Crippen molar-refractivity contribution in [3.63, 3.8) is 0 Å². The molecule has 0 spiro atoms. The van der Waals surface area contributed by atoms with E-state index in [2.05, 4.69) is 10.6 Å². The molecule has 156 valence electrons. The van der Waals surface area contributed by atoms with Crippen molar-refractivity contribution in [1.82, 2.24) is 10.6 Å². The summed E-state index contributed by atoms with van der Waals surface area (Å²) in [7, 11) is 0. The Kier molecular flexibility index (Phi) is 8.01. The number of hydrogen-bond donors (Lipinski definition) is 2. The van der Waals surface area contributed by atoms with Crippen LogP contribution in [0.25, 0.3) is 0 Å². The summed E-state index contributed by atoms with van der Waals surface area (Å²) in [6.45, 7) is 2.96. The van der Waals surface area contributed by atoms with E-state index >= 15 is 0 Å². The van der Waals surface area contributed by atoms with Gasteiger partial charge in [0, 0.05) is 6.42 Å². The van der Waals surface area contributed by atoms with E-state index in [1.54, 1.807) is 12.1 Å². The van der Waals surface area contributed by atoms with Gasteiger partial charge in [0.2, 0.25) is 0 Å². The van der Waals surface area contributed by atoms with Gasteiger partial charge in [-0.15, -0.1) is 0 Å². The molecule has 2 aromatic heterocycles. The predicted molar refractivity (Wildman–Crippen MR) is 97.8 cm³/mol. The van der Waals surface area contributed by atoms with Crippen molar-refractivity contribution in [2.45, 2.75) is 32.4 Å². The number of furan rings is 2. The van der Waals surface area contributed by atoms with Crippen LogP contribution in [0.5, 0.6) is 0 Å². The summed E-state index contributed by atoms with van der Waals surface area (Å²) >= 11 is 0. The van der Waals surface area contributed by atoms with Crippen molar-refractivity contribution < 1.29 is 37.5 Å². The maximum atomic E-state index is 11.9. The van der Waals surface area contributed by atoms with E-state index in [-0.39, 0.29) is 31.2 Å². The Bertz CT molecular complexity index is 745. The molecule has 29 heavy (non-hydrogen) atoms. The second-order valence-electron chi connectivity index (χ2n) is 6.03. The average molecular weight is 406 g/mol. The Morgan fingerprint density at radius 3 is 1.59 bits per heavy atom. The van der Waals surface area contributed by atoms with E-state index in [1.807, 2.05) is 0 Å². The molecule has 10 nitrogen and oxygen atoms in total. The molecular formula is C19H22N2O8. The number of ether oxygens (including phenoxy) is 2. The second-order valence-corrected chi connectivity index (χ2v) is 6.03. The normalized spacial score (nSPS) is 12.5. The summed E-state index contributed by atoms with van der Waals surface area (Å²) in [5.41, 5.74) is 0. The van der Waals surface area contributed by atoms with Crippen LogP contribution < -0.4 is 10.6 Å². The van der Waals surface area contributed by atoms with Crippen LogP contribution >= 0.6 is 0 Å². The lowest BCUT2D eigenvalue weighted by atomic mass is 10.3. The Morgan fingerprint density at radius 1 is 0.828 bits per heavy atom. The number of carbonyl (C=O) groups is 4. The minimum absolute atomic E-state index is 0.000210. The van der Waals surface area contributed by atoms with Crippen molar-refractivity contribution in [2.75, 3.05) is 13.2 Å². The quantitative estimate of drug-likeness (QED) is 0.445. The summed E-state index contributed by atoms with van der Waals surface area (Å²) in [4.78, 5) is 47.3. The van der Waals surface area contributed by atoms with Crippen LogP contribution in [0.15, 0.2) is 45.6 Å². The molecule has 0 unspecified atom stereocenters. The Hall–Kier alpha value is -3.56. The molecule has 10 heteroatoms. The first-order valence-electron chi connectivity index (χ1n) is 8.90. The van der Waals surface area contributed by atoms with Crippen molar-refractivity contribution >= 4 is 23.8 Å². The van der Waals surface area contributed by atoms with Crippen LogP contribution in [0.1, 0.15) is 41.4 Å². The summed E-state index contributed by atoms with van der Waals surface area (Å²) in [6.07, 6.45) is 2.96. The van der Waals surface area contributed by atoms with Crippen molar-refractivity contribution in [3.05, 3.63) is 48.3 Å². The fraction of sp³-hybridized carbons (Fsp3) is 0.368. The number of carbonyl (C=O) groups excluding carboxylic acids is 4. The van der Waals surface area contributed by atoms with Gasteiger partial charge in [-0.05, 0) is 38.1 Å². The van der Waals surface area contributed by atoms with Crippen LogP contribution in [0.3, 0.4) is 0 Å². The van der Waals surface area contributed by atoms with Gasteiger partial charge in [0.15, 0.2) is 11.5 Å². The highest BCUT2D eigenvalue weighted by molar-refractivity contribution is 5.94. The highest BCUT2D eigenvalue weighted by Gasteiger charge is 2.20. The molecule has 2 heterocycles. The third kappa shape index (κ3) is 6.83. The SMILES string of the molecule is C[C@H](NC(=O)c1ccco1)C(=O)OCCCOC(=O)[C@H](C)NC(=O)c1ccco1. The zero-order chi connectivity index (χ0) is 21.2. The minimum atomic E-state index is -0.869. The first-order valence-corrected chi connectivity index (χ1v) is 8.90. The maximum Gasteiger partial charge on any atom is 0.328 e. The van der Waals surface area contributed by atoms with Gasteiger partial charge >= 0.3 is 11.9 Å². The van der Waals surface area contributed by atoms with Crippen LogP contribution in [-0.4, -0.2) is 49.1 Å². The van der Waals surface area contributed by atoms with Crippen LogP contribution in [-0.2, 0) is 19.1 Å². The molecule has 2 N–H and O–H groups in total. The van der Waals surface area contributed by atoms with Gasteiger partial charge in [-0.3, -0.25) is 9.59 Å². The molecule has 0 radical (unpaired) electrons. The molecule has 0 saturated heterocycles. The molecule has 0 aliphatic heterocycles. The molecule has 0 bridgehead atoms. The van der Waals surface area contributed by atoms with Crippen molar-refractivity contribution in [2.24, 2.45) is 0 Å². The van der Waals surface area contributed by atoms with Crippen molar-refractivity contribution in [3.8, 4) is 0 Å². The van der Waals surface area contributed by atoms with E-state index in [0.29, 0.717) is 0 Å². The predicted octanol–water partition coefficient (Wildman–Crippen LogP) is 1.29. The van der Waals surface area contributed by atoms with E-state index < -0.39 is 35.8 Å². The topological polar surface area (TPSA) is 137 Å². The molecule has 0 aliphatic rings. The van der Waals surface area contributed by atoms with Gasteiger partial charge in [0.1, 0.15) is 12.1 Å². The molecule has 0 aliphatic carbocycles. The van der Waals surface area contributed by atoms with Crippen molar-refractivity contribution in [1.29, 1.82) is 0 Å². The highest BCUT2D eigenvalue weighted by atomic mass is 16.5. The first kappa shape index (κ1) is 21.7. The van der Waals surface area contributed by atoms with E-state index in [1.165, 1.54) is 38.5 Å². The molecule has 0 saturated carbocycles. The Labute approximate surface area is 166 Å². The monoisotopic (exact) mass is 406 g/mol. The summed E-state index contributed by atoms with van der Waals surface area (Å²) in [5, 5.41) is 4.89. The summed E-state index contributed by atoms with van der Waals surface area (Å²) in [6, 6.07) is 4.32. The van der Waals surface area contributed by atoms with Gasteiger partial charge < -0.3 is 28.9 Å². The standard InChI is InChI=1S/C19H22N2O8/c1-12(20-16(22)14-6-3-8-26-14)18(24)28-10-5-11-29-19(25)13(2)21-17(23)15-7-4-9-27-15/h3-4,6-9,12-13H,5,10-11H2,1-2H3,(H,20,22)(H,21,23)/t12-,13-/m0/s1. The molecular weight excluding hydrogens is 384 g/mol. The molecule has 2 amide bonds. The lowest BCUT2D eigenvalue weighted by Gasteiger charge is -2.14. The fourth-order valence-electron chi connectivity index (χ4n) is 2.12. The second kappa shape index (κ2) is 10.7. The molecule has 2 atom stereocenters. The Balaban J connectivity index is 1.59. The number of nitrogens with one attached hydrogen (secondary N) is 2. The van der Waals surface area contributed by atoms with E-state index in [9.17, 15) is 19.2 Å². The minimum Gasteiger partial charge on any atom is -0.464 e. The van der Waals surface area contributed by atoms with E-state index in [4.69, 9.17) is 18.3 Å². The molecule has 2 aromatic rings. The number of amides is 2. The largest absolute Gasteiger partial charge is 0.464 e. The van der Waals surface area contributed by atoms with E-state index in [0.717, 1.165) is 0 Å². The lowest BCUT2D eigenvalue weighted by Crippen LogP contribution is -2.40. The van der Waals surface area contributed by atoms with Gasteiger partial charge in [-0.25, -0.2) is 9.59 Å². The van der Waals surface area contributed by atoms with Gasteiger partial charge in [0.25, 0.3) is 11.8 Å². The third-order valence-corrected chi connectivity index (χ3v) is 3.67. The first-order chi connectivity index (χ1) is 13.9. The smallest absolute Gasteiger partial charge is 0.328 e. The molecule has 0 aromatic carbocycles. The third-order valence-electron chi connectivity index (χ3n) is 3.67. The van der Waals surface area contributed by atoms with Crippen LogP contribution in [0.4, 0.5) is 0 Å². The number of rotatable bonds is 10. The summed E-state index contributed by atoms with van der Waals surface area (Å²) in [5.74, 6) is -2.14. The van der Waals surface area contributed by atoms with Gasteiger partial charge in [0.05, 0.1) is 25.7 Å². The van der Waals surface area contributed by atoms with Crippen LogP contribution in [0.2, 0.25) is 0 Å². The average Bonchev–Trinajstić information content (AvgIpc) is 3.40. The zero-order valence-corrected chi connectivity index (χ0v) is 16.0. The van der Waals surface area contributed by atoms with Gasteiger partial charge in [-0.2, -0.15) is 0 Å². The summed E-state index contributed by atoms with van der Waals surface area (Å²) < 4.78 is 19.9. The van der Waals surface area contributed by atoms with Gasteiger partial charge in [-0.1, -0.05) is 0 Å². The number of hydrogen-bond acceptors (Lipinski definition) is 8. The zero-order valence-electron chi connectivity index (χ0n) is 16.0. The maximum absolute atomic E-state index is 11.9. The van der Waals surface area contributed by atoms with Crippen LogP contribution in [0, 0.1) is 0 Å². The molecule has 2 rings (SSSR count). The Morgan fingerprint density at radius 2 is 1.24 bits per heavy atom. The highest BCUT2D eigenvalue weighted by Crippen LogP contribution is 2.02.